The van der Waals surface area contributed by atoms with E-state index in [4.69, 9.17) is 9.47 Å². The summed E-state index contributed by atoms with van der Waals surface area (Å²) in [6.45, 7) is 12.3. The largest absolute Gasteiger partial charge is 0.461 e. The van der Waals surface area contributed by atoms with Gasteiger partial charge in [-0.05, 0) is 50.5 Å². The highest BCUT2D eigenvalue weighted by molar-refractivity contribution is 5.84. The maximum absolute atomic E-state index is 13.4. The van der Waals surface area contributed by atoms with Crippen molar-refractivity contribution >= 4 is 18.0 Å². The van der Waals surface area contributed by atoms with Crippen LogP contribution in [0.2, 0.25) is 0 Å². The zero-order valence-electron chi connectivity index (χ0n) is 20.6. The number of carbonyl (C=O) groups is 3. The number of rotatable bonds is 6. The first-order valence-corrected chi connectivity index (χ1v) is 12.0. The van der Waals surface area contributed by atoms with Gasteiger partial charge >= 0.3 is 12.1 Å². The molecule has 0 aliphatic carbocycles. The minimum atomic E-state index is -0.523. The SMILES string of the molecule is CC(C)[C@H](CC(=O)OCc1ccccc1)C(=O)N1CC2CN(C(=O)OC(C)(C)C)CC[C@H]2C1. The van der Waals surface area contributed by atoms with Crippen LogP contribution in [0.3, 0.4) is 0 Å². The van der Waals surface area contributed by atoms with E-state index in [1.807, 2.05) is 69.9 Å². The molecule has 3 rings (SSSR count). The van der Waals surface area contributed by atoms with E-state index < -0.39 is 11.5 Å². The Balaban J connectivity index is 1.54. The number of benzene rings is 1. The second-order valence-corrected chi connectivity index (χ2v) is 10.7. The number of likely N-dealkylation sites (tertiary alicyclic amines) is 2. The lowest BCUT2D eigenvalue weighted by Crippen LogP contribution is -2.45. The lowest BCUT2D eigenvalue weighted by atomic mass is 9.89. The van der Waals surface area contributed by atoms with Crippen molar-refractivity contribution in [2.75, 3.05) is 26.2 Å². The molecule has 0 radical (unpaired) electrons. The Kier molecular flexibility index (Phi) is 8.03. The summed E-state index contributed by atoms with van der Waals surface area (Å²) < 4.78 is 11.0. The minimum absolute atomic E-state index is 0.0138. The quantitative estimate of drug-likeness (QED) is 0.600. The van der Waals surface area contributed by atoms with Gasteiger partial charge in [0.25, 0.3) is 0 Å². The van der Waals surface area contributed by atoms with Gasteiger partial charge in [-0.25, -0.2) is 4.79 Å². The van der Waals surface area contributed by atoms with Crippen LogP contribution in [0.25, 0.3) is 0 Å². The second-order valence-electron chi connectivity index (χ2n) is 10.7. The van der Waals surface area contributed by atoms with Gasteiger partial charge in [0.05, 0.1) is 12.3 Å². The fraction of sp³-hybridized carbons (Fsp3) is 0.654. The highest BCUT2D eigenvalue weighted by Crippen LogP contribution is 2.33. The molecule has 2 fully saturated rings. The molecule has 0 bridgehead atoms. The van der Waals surface area contributed by atoms with Crippen LogP contribution in [-0.2, 0) is 25.7 Å². The molecule has 2 aliphatic heterocycles. The first-order valence-electron chi connectivity index (χ1n) is 12.0. The molecule has 0 aromatic heterocycles. The minimum Gasteiger partial charge on any atom is -0.461 e. The molecular weight excluding hydrogens is 420 g/mol. The Morgan fingerprint density at radius 3 is 2.27 bits per heavy atom. The van der Waals surface area contributed by atoms with Crippen LogP contribution in [-0.4, -0.2) is 59.5 Å². The van der Waals surface area contributed by atoms with Crippen LogP contribution < -0.4 is 0 Å². The summed E-state index contributed by atoms with van der Waals surface area (Å²) in [4.78, 5) is 42.0. The number of hydrogen-bond acceptors (Lipinski definition) is 5. The third-order valence-electron chi connectivity index (χ3n) is 6.52. The van der Waals surface area contributed by atoms with Gasteiger partial charge in [0.2, 0.25) is 5.91 Å². The van der Waals surface area contributed by atoms with Crippen LogP contribution in [0.1, 0.15) is 53.0 Å². The number of esters is 1. The Bertz CT molecular complexity index is 833. The molecule has 2 saturated heterocycles. The van der Waals surface area contributed by atoms with Gasteiger partial charge < -0.3 is 19.3 Å². The highest BCUT2D eigenvalue weighted by atomic mass is 16.6. The highest BCUT2D eigenvalue weighted by Gasteiger charge is 2.42. The van der Waals surface area contributed by atoms with Gasteiger partial charge in [0.15, 0.2) is 0 Å². The first-order chi connectivity index (χ1) is 15.5. The average Bonchev–Trinajstić information content (AvgIpc) is 3.18. The van der Waals surface area contributed by atoms with Crippen molar-refractivity contribution in [2.24, 2.45) is 23.7 Å². The van der Waals surface area contributed by atoms with Crippen molar-refractivity contribution < 1.29 is 23.9 Å². The van der Waals surface area contributed by atoms with Crippen molar-refractivity contribution in [1.29, 1.82) is 0 Å². The van der Waals surface area contributed by atoms with Crippen LogP contribution >= 0.6 is 0 Å². The van der Waals surface area contributed by atoms with Crippen LogP contribution in [0.5, 0.6) is 0 Å². The zero-order chi connectivity index (χ0) is 24.2. The smallest absolute Gasteiger partial charge is 0.410 e. The Labute approximate surface area is 197 Å². The molecule has 0 N–H and O–H groups in total. The lowest BCUT2D eigenvalue weighted by Gasteiger charge is -2.35. The fourth-order valence-corrected chi connectivity index (χ4v) is 4.66. The summed E-state index contributed by atoms with van der Waals surface area (Å²) in [7, 11) is 0. The Morgan fingerprint density at radius 1 is 1.00 bits per heavy atom. The average molecular weight is 459 g/mol. The van der Waals surface area contributed by atoms with Gasteiger partial charge in [-0.1, -0.05) is 44.2 Å². The van der Waals surface area contributed by atoms with E-state index in [1.54, 1.807) is 4.90 Å². The third-order valence-corrected chi connectivity index (χ3v) is 6.52. The number of ether oxygens (including phenoxy) is 2. The van der Waals surface area contributed by atoms with Crippen molar-refractivity contribution in [1.82, 2.24) is 9.80 Å². The van der Waals surface area contributed by atoms with Crippen molar-refractivity contribution in [3.8, 4) is 0 Å². The predicted octanol–water partition coefficient (Wildman–Crippen LogP) is 4.11. The van der Waals surface area contributed by atoms with E-state index >= 15 is 0 Å². The first kappa shape index (κ1) is 25.1. The van der Waals surface area contributed by atoms with Gasteiger partial charge in [-0.3, -0.25) is 9.59 Å². The van der Waals surface area contributed by atoms with E-state index in [2.05, 4.69) is 0 Å². The van der Waals surface area contributed by atoms with Gasteiger partial charge in [0.1, 0.15) is 12.2 Å². The number of fused-ring (bicyclic) bond motifs is 1. The molecule has 1 aromatic carbocycles. The maximum atomic E-state index is 13.4. The molecule has 7 heteroatoms. The molecule has 2 heterocycles. The molecule has 7 nitrogen and oxygen atoms in total. The van der Waals surface area contributed by atoms with E-state index in [9.17, 15) is 14.4 Å². The van der Waals surface area contributed by atoms with Crippen molar-refractivity contribution in [2.45, 2.75) is 59.7 Å². The number of amides is 2. The second kappa shape index (κ2) is 10.6. The normalized spacial score (nSPS) is 21.5. The molecule has 33 heavy (non-hydrogen) atoms. The molecule has 0 saturated carbocycles. The van der Waals surface area contributed by atoms with Crippen LogP contribution in [0.4, 0.5) is 4.79 Å². The van der Waals surface area contributed by atoms with Gasteiger partial charge in [-0.2, -0.15) is 0 Å². The van der Waals surface area contributed by atoms with Gasteiger partial charge in [-0.15, -0.1) is 0 Å². The molecule has 3 atom stereocenters. The summed E-state index contributed by atoms with van der Waals surface area (Å²) in [6, 6.07) is 9.54. The predicted molar refractivity (Wildman–Crippen MR) is 125 cm³/mol. The standard InChI is InChI=1S/C26H38N2O5/c1-18(2)22(13-23(29)32-17-19-9-7-6-8-10-19)24(30)28-14-20-11-12-27(15-21(20)16-28)25(31)33-26(3,4)5/h6-10,18,20-22H,11-17H2,1-5H3/t20-,21?,22-/m0/s1. The summed E-state index contributed by atoms with van der Waals surface area (Å²) in [5, 5.41) is 0. The number of piperidine rings is 1. The van der Waals surface area contributed by atoms with Crippen molar-refractivity contribution in [3.63, 3.8) is 0 Å². The van der Waals surface area contributed by atoms with Gasteiger partial charge in [0, 0.05) is 26.2 Å². The molecule has 1 aromatic rings. The summed E-state index contributed by atoms with van der Waals surface area (Å²) in [5.41, 5.74) is 0.405. The van der Waals surface area contributed by atoms with E-state index in [1.165, 1.54) is 0 Å². The van der Waals surface area contributed by atoms with E-state index in [0.29, 0.717) is 32.1 Å². The molecule has 1 unspecified atom stereocenters. The molecule has 182 valence electrons. The zero-order valence-corrected chi connectivity index (χ0v) is 20.6. The number of carbonyl (C=O) groups excluding carboxylic acids is 3. The van der Waals surface area contributed by atoms with Crippen LogP contribution in [0, 0.1) is 23.7 Å². The molecule has 0 spiro atoms. The Morgan fingerprint density at radius 2 is 1.64 bits per heavy atom. The molecule has 2 aliphatic rings. The summed E-state index contributed by atoms with van der Waals surface area (Å²) >= 11 is 0. The molecule has 2 amide bonds. The third kappa shape index (κ3) is 6.95. The fourth-order valence-electron chi connectivity index (χ4n) is 4.66. The number of hydrogen-bond donors (Lipinski definition) is 0. The summed E-state index contributed by atoms with van der Waals surface area (Å²) in [5.74, 6) is -0.0879. The summed E-state index contributed by atoms with van der Waals surface area (Å²) in [6.07, 6.45) is 0.658. The molecular formula is C26H38N2O5. The topological polar surface area (TPSA) is 76.2 Å². The Hall–Kier alpha value is -2.57. The lowest BCUT2D eigenvalue weighted by molar-refractivity contribution is -0.151. The van der Waals surface area contributed by atoms with E-state index in [-0.39, 0.29) is 42.8 Å². The van der Waals surface area contributed by atoms with Crippen LogP contribution in [0.15, 0.2) is 30.3 Å². The van der Waals surface area contributed by atoms with E-state index in [0.717, 1.165) is 12.0 Å². The monoisotopic (exact) mass is 458 g/mol. The maximum Gasteiger partial charge on any atom is 0.410 e. The number of nitrogens with zero attached hydrogens (tertiary/aromatic N) is 2. The van der Waals surface area contributed by atoms with Crippen molar-refractivity contribution in [3.05, 3.63) is 35.9 Å².